The Morgan fingerprint density at radius 1 is 1.44 bits per heavy atom. The van der Waals surface area contributed by atoms with Crippen LogP contribution in [0.2, 0.25) is 0 Å². The van der Waals surface area contributed by atoms with Crippen molar-refractivity contribution >= 4 is 11.9 Å². The summed E-state index contributed by atoms with van der Waals surface area (Å²) < 4.78 is 0. The Balaban J connectivity index is 2.96. The van der Waals surface area contributed by atoms with Gasteiger partial charge in [0.25, 0.3) is 5.91 Å². The zero-order valence-corrected chi connectivity index (χ0v) is 9.34. The van der Waals surface area contributed by atoms with Crippen LogP contribution in [0.5, 0.6) is 0 Å². The molecule has 0 saturated carbocycles. The first-order valence-electron chi connectivity index (χ1n) is 4.66. The molecule has 0 unspecified atom stereocenters. The standard InChI is InChI=1S/C10H13N3O3/c1-10(2,9(15)16)13(3)8(14)7-5-4-6-11-12-7/h4-6H,1-3H3,(H,15,16). The van der Waals surface area contributed by atoms with Crippen molar-refractivity contribution < 1.29 is 14.7 Å². The molecule has 0 radical (unpaired) electrons. The molecule has 0 spiro atoms. The van der Waals surface area contributed by atoms with Crippen LogP contribution in [-0.4, -0.2) is 44.7 Å². The number of aliphatic carboxylic acids is 1. The van der Waals surface area contributed by atoms with Crippen LogP contribution in [0.1, 0.15) is 24.3 Å². The average Bonchev–Trinajstić information content (AvgIpc) is 2.28. The summed E-state index contributed by atoms with van der Waals surface area (Å²) >= 11 is 0. The van der Waals surface area contributed by atoms with Gasteiger partial charge in [0.1, 0.15) is 5.54 Å². The Labute approximate surface area is 92.9 Å². The molecule has 16 heavy (non-hydrogen) atoms. The van der Waals surface area contributed by atoms with E-state index in [4.69, 9.17) is 5.11 Å². The number of carboxylic acid groups (broad SMARTS) is 1. The van der Waals surface area contributed by atoms with Gasteiger partial charge in [0, 0.05) is 13.2 Å². The number of hydrogen-bond acceptors (Lipinski definition) is 4. The smallest absolute Gasteiger partial charge is 0.329 e. The largest absolute Gasteiger partial charge is 0.480 e. The van der Waals surface area contributed by atoms with Crippen molar-refractivity contribution in [2.45, 2.75) is 19.4 Å². The topological polar surface area (TPSA) is 83.4 Å². The summed E-state index contributed by atoms with van der Waals surface area (Å²) in [5.74, 6) is -1.55. The van der Waals surface area contributed by atoms with Crippen molar-refractivity contribution in [2.75, 3.05) is 7.05 Å². The molecule has 6 nitrogen and oxygen atoms in total. The number of carboxylic acids is 1. The monoisotopic (exact) mass is 223 g/mol. The maximum Gasteiger partial charge on any atom is 0.329 e. The fraction of sp³-hybridized carbons (Fsp3) is 0.400. The summed E-state index contributed by atoms with van der Waals surface area (Å²) in [5.41, 5.74) is -1.16. The quantitative estimate of drug-likeness (QED) is 0.802. The van der Waals surface area contributed by atoms with Crippen molar-refractivity contribution in [3.63, 3.8) is 0 Å². The van der Waals surface area contributed by atoms with Gasteiger partial charge in [-0.2, -0.15) is 5.10 Å². The van der Waals surface area contributed by atoms with Gasteiger partial charge in [-0.05, 0) is 26.0 Å². The summed E-state index contributed by atoms with van der Waals surface area (Å²) in [6.45, 7) is 2.90. The summed E-state index contributed by atoms with van der Waals surface area (Å²) in [7, 11) is 1.42. The number of likely N-dealkylation sites (N-methyl/N-ethyl adjacent to an activating group) is 1. The maximum atomic E-state index is 11.9. The SMILES string of the molecule is CN(C(=O)c1cccnn1)C(C)(C)C(=O)O. The van der Waals surface area contributed by atoms with Crippen LogP contribution < -0.4 is 0 Å². The van der Waals surface area contributed by atoms with E-state index in [2.05, 4.69) is 10.2 Å². The first-order chi connectivity index (χ1) is 7.37. The molecule has 1 aromatic heterocycles. The Bertz CT molecular complexity index is 403. The van der Waals surface area contributed by atoms with Crippen molar-refractivity contribution in [3.8, 4) is 0 Å². The molecule has 1 rings (SSSR count). The second kappa shape index (κ2) is 4.26. The van der Waals surface area contributed by atoms with E-state index in [1.165, 1.54) is 33.2 Å². The highest BCUT2D eigenvalue weighted by molar-refractivity contribution is 5.95. The second-order valence-electron chi connectivity index (χ2n) is 3.84. The van der Waals surface area contributed by atoms with Gasteiger partial charge in [-0.15, -0.1) is 5.10 Å². The van der Waals surface area contributed by atoms with Crippen molar-refractivity contribution in [3.05, 3.63) is 24.0 Å². The summed E-state index contributed by atoms with van der Waals surface area (Å²) in [5, 5.41) is 16.2. The predicted octanol–water partition coefficient (Wildman–Crippen LogP) is 0.412. The highest BCUT2D eigenvalue weighted by Crippen LogP contribution is 2.14. The van der Waals surface area contributed by atoms with Gasteiger partial charge in [-0.3, -0.25) is 4.79 Å². The number of aromatic nitrogens is 2. The van der Waals surface area contributed by atoms with Crippen molar-refractivity contribution in [2.24, 2.45) is 0 Å². The molecule has 86 valence electrons. The first-order valence-corrected chi connectivity index (χ1v) is 4.66. The van der Waals surface area contributed by atoms with Crippen molar-refractivity contribution in [1.82, 2.24) is 15.1 Å². The molecule has 0 aliphatic heterocycles. The zero-order valence-electron chi connectivity index (χ0n) is 9.34. The van der Waals surface area contributed by atoms with E-state index in [1.807, 2.05) is 0 Å². The van der Waals surface area contributed by atoms with Crippen LogP contribution in [0.25, 0.3) is 0 Å². The molecule has 0 fully saturated rings. The average molecular weight is 223 g/mol. The van der Waals surface area contributed by atoms with Gasteiger partial charge in [-0.25, -0.2) is 4.79 Å². The van der Waals surface area contributed by atoms with E-state index < -0.39 is 17.4 Å². The van der Waals surface area contributed by atoms with Crippen molar-refractivity contribution in [1.29, 1.82) is 0 Å². The van der Waals surface area contributed by atoms with Crippen LogP contribution in [-0.2, 0) is 4.79 Å². The molecule has 1 aromatic rings. The minimum absolute atomic E-state index is 0.124. The number of amides is 1. The van der Waals surface area contributed by atoms with Crippen LogP contribution in [0, 0.1) is 0 Å². The maximum absolute atomic E-state index is 11.9. The number of hydrogen-bond donors (Lipinski definition) is 1. The van der Waals surface area contributed by atoms with Crippen LogP contribution >= 0.6 is 0 Å². The molecule has 0 aromatic carbocycles. The fourth-order valence-electron chi connectivity index (χ4n) is 0.985. The molecule has 1 N–H and O–H groups in total. The van der Waals surface area contributed by atoms with Crippen LogP contribution in [0.4, 0.5) is 0 Å². The molecule has 0 saturated heterocycles. The highest BCUT2D eigenvalue weighted by Gasteiger charge is 2.36. The molecule has 6 heteroatoms. The summed E-state index contributed by atoms with van der Waals surface area (Å²) in [6.07, 6.45) is 1.44. The number of carbonyl (C=O) groups is 2. The van der Waals surface area contributed by atoms with Gasteiger partial charge in [0.15, 0.2) is 5.69 Å². The van der Waals surface area contributed by atoms with E-state index >= 15 is 0 Å². The van der Waals surface area contributed by atoms with Gasteiger partial charge in [-0.1, -0.05) is 0 Å². The van der Waals surface area contributed by atoms with Gasteiger partial charge in [0.2, 0.25) is 0 Å². The molecule has 0 atom stereocenters. The van der Waals surface area contributed by atoms with Gasteiger partial charge < -0.3 is 10.0 Å². The third kappa shape index (κ3) is 2.16. The van der Waals surface area contributed by atoms with Gasteiger partial charge >= 0.3 is 5.97 Å². The third-order valence-electron chi connectivity index (χ3n) is 2.46. The third-order valence-corrected chi connectivity index (χ3v) is 2.46. The molecular weight excluding hydrogens is 210 g/mol. The molecule has 0 bridgehead atoms. The van der Waals surface area contributed by atoms with E-state index in [-0.39, 0.29) is 5.69 Å². The molecule has 0 aliphatic carbocycles. The van der Waals surface area contributed by atoms with E-state index in [0.29, 0.717) is 0 Å². The second-order valence-corrected chi connectivity index (χ2v) is 3.84. The lowest BCUT2D eigenvalue weighted by atomic mass is 10.0. The number of rotatable bonds is 3. The lowest BCUT2D eigenvalue weighted by Gasteiger charge is -2.31. The van der Waals surface area contributed by atoms with E-state index in [0.717, 1.165) is 4.90 Å². The van der Waals surface area contributed by atoms with E-state index in [1.54, 1.807) is 6.07 Å². The minimum atomic E-state index is -1.28. The molecule has 1 amide bonds. The van der Waals surface area contributed by atoms with Crippen LogP contribution in [0.3, 0.4) is 0 Å². The van der Waals surface area contributed by atoms with Gasteiger partial charge in [0.05, 0.1) is 0 Å². The Hall–Kier alpha value is -1.98. The number of nitrogens with zero attached hydrogens (tertiary/aromatic N) is 3. The normalized spacial score (nSPS) is 10.9. The fourth-order valence-corrected chi connectivity index (χ4v) is 0.985. The predicted molar refractivity (Wildman–Crippen MR) is 55.8 cm³/mol. The lowest BCUT2D eigenvalue weighted by molar-refractivity contribution is -0.147. The lowest BCUT2D eigenvalue weighted by Crippen LogP contribution is -2.51. The number of carbonyl (C=O) groups excluding carboxylic acids is 1. The Kier molecular flexibility index (Phi) is 3.22. The first kappa shape index (κ1) is 12.1. The Morgan fingerprint density at radius 3 is 2.50 bits per heavy atom. The minimum Gasteiger partial charge on any atom is -0.480 e. The highest BCUT2D eigenvalue weighted by atomic mass is 16.4. The Morgan fingerprint density at radius 2 is 2.06 bits per heavy atom. The summed E-state index contributed by atoms with van der Waals surface area (Å²) in [4.78, 5) is 23.9. The molecule has 0 aliphatic rings. The zero-order chi connectivity index (χ0) is 12.3. The van der Waals surface area contributed by atoms with Crippen LogP contribution in [0.15, 0.2) is 18.3 Å². The van der Waals surface area contributed by atoms with E-state index in [9.17, 15) is 9.59 Å². The molecule has 1 heterocycles. The summed E-state index contributed by atoms with van der Waals surface area (Å²) in [6, 6.07) is 3.06. The molecular formula is C10H13N3O3.